The highest BCUT2D eigenvalue weighted by atomic mass is 19.3. The lowest BCUT2D eigenvalue weighted by molar-refractivity contribution is -0.0526. The Balaban J connectivity index is 1.90. The Morgan fingerprint density at radius 1 is 1.15 bits per heavy atom. The fraction of sp³-hybridized carbons (Fsp3) is 0.176. The van der Waals surface area contributed by atoms with Crippen LogP contribution in [0, 0.1) is 0 Å². The summed E-state index contributed by atoms with van der Waals surface area (Å²) in [5, 5.41) is 2.60. The van der Waals surface area contributed by atoms with Crippen molar-refractivity contribution in [2.24, 2.45) is 0 Å². The smallest absolute Gasteiger partial charge is 0.387 e. The molecule has 0 fully saturated rings. The number of anilines is 1. The molecule has 0 bridgehead atoms. The third-order valence-corrected chi connectivity index (χ3v) is 3.55. The number of rotatable bonds is 6. The molecule has 0 unspecified atom stereocenters. The normalized spacial score (nSPS) is 10.8. The quantitative estimate of drug-likeness (QED) is 0.701. The fourth-order valence-electron chi connectivity index (χ4n) is 2.41. The number of imidazole rings is 1. The van der Waals surface area contributed by atoms with Gasteiger partial charge < -0.3 is 19.2 Å². The molecule has 26 heavy (non-hydrogen) atoms. The molecule has 0 saturated heterocycles. The summed E-state index contributed by atoms with van der Waals surface area (Å²) >= 11 is 0. The van der Waals surface area contributed by atoms with Gasteiger partial charge in [-0.05, 0) is 24.3 Å². The van der Waals surface area contributed by atoms with Gasteiger partial charge in [-0.15, -0.1) is 0 Å². The highest BCUT2D eigenvalue weighted by Crippen LogP contribution is 2.39. The van der Waals surface area contributed by atoms with Crippen LogP contribution < -0.4 is 19.5 Å². The van der Waals surface area contributed by atoms with Gasteiger partial charge in [-0.3, -0.25) is 10.1 Å². The summed E-state index contributed by atoms with van der Waals surface area (Å²) in [5.41, 5.74) is 1.58. The molecule has 1 heterocycles. The van der Waals surface area contributed by atoms with Crippen LogP contribution in [0.15, 0.2) is 36.4 Å². The summed E-state index contributed by atoms with van der Waals surface area (Å²) in [4.78, 5) is 19.7. The van der Waals surface area contributed by atoms with Crippen LogP contribution in [0.4, 0.5) is 14.7 Å². The summed E-state index contributed by atoms with van der Waals surface area (Å²) in [7, 11) is 2.54. The Bertz CT molecular complexity index is 885. The van der Waals surface area contributed by atoms with Gasteiger partial charge >= 0.3 is 6.61 Å². The number of methoxy groups -OCH3 is 2. The highest BCUT2D eigenvalue weighted by Gasteiger charge is 2.21. The number of aromatic amines is 1. The average Bonchev–Trinajstić information content (AvgIpc) is 3.03. The lowest BCUT2D eigenvalue weighted by Crippen LogP contribution is -2.14. The molecule has 0 aliphatic carbocycles. The molecule has 136 valence electrons. The molecule has 7 nitrogen and oxygen atoms in total. The van der Waals surface area contributed by atoms with Gasteiger partial charge in [0.25, 0.3) is 5.91 Å². The molecule has 0 spiro atoms. The number of hydrogen-bond acceptors (Lipinski definition) is 5. The highest BCUT2D eigenvalue weighted by molar-refractivity contribution is 6.04. The van der Waals surface area contributed by atoms with Crippen molar-refractivity contribution in [3.8, 4) is 17.2 Å². The summed E-state index contributed by atoms with van der Waals surface area (Å²) in [5.74, 6) is -0.671. The van der Waals surface area contributed by atoms with E-state index in [1.807, 2.05) is 18.2 Å². The van der Waals surface area contributed by atoms with Crippen molar-refractivity contribution in [3.05, 3.63) is 42.0 Å². The van der Waals surface area contributed by atoms with Crippen molar-refractivity contribution in [3.63, 3.8) is 0 Å². The monoisotopic (exact) mass is 363 g/mol. The Labute approximate surface area is 146 Å². The molecule has 0 atom stereocenters. The van der Waals surface area contributed by atoms with Crippen molar-refractivity contribution in [1.29, 1.82) is 0 Å². The molecule has 0 aliphatic heterocycles. The van der Waals surface area contributed by atoms with Gasteiger partial charge in [0, 0.05) is 5.56 Å². The van der Waals surface area contributed by atoms with Gasteiger partial charge in [-0.25, -0.2) is 4.98 Å². The molecule has 3 rings (SSSR count). The molecular weight excluding hydrogens is 348 g/mol. The van der Waals surface area contributed by atoms with Crippen LogP contribution in [0.5, 0.6) is 17.2 Å². The second-order valence-corrected chi connectivity index (χ2v) is 5.15. The van der Waals surface area contributed by atoms with E-state index in [9.17, 15) is 13.6 Å². The molecule has 0 aliphatic rings. The first-order valence-corrected chi connectivity index (χ1v) is 7.48. The Hall–Kier alpha value is -3.36. The summed E-state index contributed by atoms with van der Waals surface area (Å²) < 4.78 is 39.6. The van der Waals surface area contributed by atoms with Crippen LogP contribution in [0.1, 0.15) is 10.4 Å². The Morgan fingerprint density at radius 3 is 2.38 bits per heavy atom. The van der Waals surface area contributed by atoms with E-state index in [1.54, 1.807) is 6.07 Å². The lowest BCUT2D eigenvalue weighted by Gasteiger charge is -2.15. The van der Waals surface area contributed by atoms with Crippen molar-refractivity contribution < 1.29 is 27.8 Å². The number of nitrogens with one attached hydrogen (secondary N) is 2. The first-order valence-electron chi connectivity index (χ1n) is 7.48. The van der Waals surface area contributed by atoms with Crippen LogP contribution in [0.3, 0.4) is 0 Å². The number of carbonyl (C=O) groups is 1. The van der Waals surface area contributed by atoms with Crippen molar-refractivity contribution in [2.45, 2.75) is 6.61 Å². The molecule has 0 saturated carbocycles. The maximum Gasteiger partial charge on any atom is 0.387 e. The standard InChI is InChI=1S/C17H15F2N3O4/c1-24-12-7-9(8-13(25-2)14(12)26-16(18)19)15(23)22-17-20-10-5-3-4-6-11(10)21-17/h3-8,16H,1-2H3,(H2,20,21,22,23). The number of halogens is 2. The van der Waals surface area contributed by atoms with E-state index < -0.39 is 12.5 Å². The number of fused-ring (bicyclic) bond motifs is 1. The molecular formula is C17H15F2N3O4. The fourth-order valence-corrected chi connectivity index (χ4v) is 2.41. The van der Waals surface area contributed by atoms with E-state index in [2.05, 4.69) is 20.0 Å². The van der Waals surface area contributed by atoms with Gasteiger partial charge in [0.1, 0.15) is 0 Å². The van der Waals surface area contributed by atoms with Crippen molar-refractivity contribution in [1.82, 2.24) is 9.97 Å². The predicted molar refractivity (Wildman–Crippen MR) is 90.2 cm³/mol. The maximum absolute atomic E-state index is 12.6. The number of nitrogens with zero attached hydrogens (tertiary/aromatic N) is 1. The van der Waals surface area contributed by atoms with Gasteiger partial charge in [-0.1, -0.05) is 12.1 Å². The molecule has 1 aromatic heterocycles. The Morgan fingerprint density at radius 2 is 1.81 bits per heavy atom. The minimum absolute atomic E-state index is 0.0561. The van der Waals surface area contributed by atoms with Crippen molar-refractivity contribution >= 4 is 22.9 Å². The third kappa shape index (κ3) is 3.51. The zero-order valence-electron chi connectivity index (χ0n) is 13.9. The second-order valence-electron chi connectivity index (χ2n) is 5.15. The third-order valence-electron chi connectivity index (χ3n) is 3.55. The summed E-state index contributed by atoms with van der Waals surface area (Å²) in [6.07, 6.45) is 0. The molecule has 2 aromatic carbocycles. The molecule has 9 heteroatoms. The van der Waals surface area contributed by atoms with E-state index in [-0.39, 0.29) is 28.8 Å². The van der Waals surface area contributed by atoms with Crippen LogP contribution in [0.25, 0.3) is 11.0 Å². The number of aromatic nitrogens is 2. The van der Waals surface area contributed by atoms with Gasteiger partial charge in [0.2, 0.25) is 11.7 Å². The SMILES string of the molecule is COc1cc(C(=O)Nc2nc3ccccc3[nH]2)cc(OC)c1OC(F)F. The second kappa shape index (κ2) is 7.26. The number of amides is 1. The van der Waals surface area contributed by atoms with E-state index in [1.165, 1.54) is 26.4 Å². The summed E-state index contributed by atoms with van der Waals surface area (Å²) in [6.45, 7) is -3.06. The number of H-pyrrole nitrogens is 1. The largest absolute Gasteiger partial charge is 0.493 e. The summed E-state index contributed by atoms with van der Waals surface area (Å²) in [6, 6.07) is 9.83. The molecule has 1 amide bonds. The van der Waals surface area contributed by atoms with E-state index >= 15 is 0 Å². The first-order chi connectivity index (χ1) is 12.5. The zero-order chi connectivity index (χ0) is 18.7. The van der Waals surface area contributed by atoms with Crippen LogP contribution >= 0.6 is 0 Å². The molecule has 3 aromatic rings. The van der Waals surface area contributed by atoms with Gasteiger partial charge in [-0.2, -0.15) is 8.78 Å². The minimum Gasteiger partial charge on any atom is -0.493 e. The number of carbonyl (C=O) groups excluding carboxylic acids is 1. The zero-order valence-corrected chi connectivity index (χ0v) is 13.9. The van der Waals surface area contributed by atoms with Crippen molar-refractivity contribution in [2.75, 3.05) is 19.5 Å². The number of para-hydroxylation sites is 2. The van der Waals surface area contributed by atoms with Crippen LogP contribution in [-0.2, 0) is 0 Å². The predicted octanol–water partition coefficient (Wildman–Crippen LogP) is 3.43. The number of ether oxygens (including phenoxy) is 3. The minimum atomic E-state index is -3.06. The number of benzene rings is 2. The van der Waals surface area contributed by atoms with E-state index in [0.29, 0.717) is 5.52 Å². The maximum atomic E-state index is 12.6. The molecule has 0 radical (unpaired) electrons. The first kappa shape index (κ1) is 17.5. The number of hydrogen-bond donors (Lipinski definition) is 2. The van der Waals surface area contributed by atoms with Crippen LogP contribution in [0.2, 0.25) is 0 Å². The van der Waals surface area contributed by atoms with Crippen LogP contribution in [-0.4, -0.2) is 36.7 Å². The number of alkyl halides is 2. The lowest BCUT2D eigenvalue weighted by atomic mass is 10.1. The molecule has 2 N–H and O–H groups in total. The average molecular weight is 363 g/mol. The van der Waals surface area contributed by atoms with Gasteiger partial charge in [0.15, 0.2) is 11.5 Å². The topological polar surface area (TPSA) is 85.5 Å². The Kier molecular flexibility index (Phi) is 4.87. The van der Waals surface area contributed by atoms with E-state index in [4.69, 9.17) is 9.47 Å². The van der Waals surface area contributed by atoms with Gasteiger partial charge in [0.05, 0.1) is 25.3 Å². The van der Waals surface area contributed by atoms with E-state index in [0.717, 1.165) is 5.52 Å².